The fourth-order valence-corrected chi connectivity index (χ4v) is 1.80. The van der Waals surface area contributed by atoms with E-state index in [0.717, 1.165) is 0 Å². The monoisotopic (exact) mass is 214 g/mol. The van der Waals surface area contributed by atoms with Crippen molar-refractivity contribution < 1.29 is 21.7 Å². The van der Waals surface area contributed by atoms with Crippen LogP contribution < -0.4 is 0 Å². The van der Waals surface area contributed by atoms with Crippen LogP contribution in [-0.4, -0.2) is 0 Å². The Balaban J connectivity index is 0.000000206. The molecule has 74 valence electrons. The van der Waals surface area contributed by atoms with Crippen molar-refractivity contribution in [2.24, 2.45) is 0 Å². The molecule has 0 aromatic rings. The fourth-order valence-electron chi connectivity index (χ4n) is 1.80. The largest absolute Gasteiger partial charge is 2.00 e. The van der Waals surface area contributed by atoms with E-state index in [1.165, 1.54) is 64.2 Å². The predicted molar refractivity (Wildman–Crippen MR) is 54.8 cm³/mol. The molecule has 0 atom stereocenters. The van der Waals surface area contributed by atoms with Crippen molar-refractivity contribution in [2.45, 2.75) is 64.2 Å². The van der Waals surface area contributed by atoms with Crippen LogP contribution in [0.4, 0.5) is 0 Å². The second kappa shape index (κ2) is 10.8. The molecule has 2 rings (SSSR count). The SMILES string of the molecule is [CH-]1CCCCC1.[CH-]1CCCCC1.[Ti+2]. The molecule has 0 aliphatic heterocycles. The number of hydrogen-bond acceptors (Lipinski definition) is 0. The molecule has 0 aromatic heterocycles. The zero-order valence-electron chi connectivity index (χ0n) is 8.73. The third-order valence-corrected chi connectivity index (χ3v) is 2.63. The molecule has 0 heterocycles. The van der Waals surface area contributed by atoms with E-state index in [9.17, 15) is 0 Å². The minimum Gasteiger partial charge on any atom is -0.328 e. The summed E-state index contributed by atoms with van der Waals surface area (Å²) >= 11 is 0. The summed E-state index contributed by atoms with van der Waals surface area (Å²) in [7, 11) is 0. The van der Waals surface area contributed by atoms with Gasteiger partial charge in [0.15, 0.2) is 0 Å². The van der Waals surface area contributed by atoms with Crippen LogP contribution in [0.3, 0.4) is 0 Å². The van der Waals surface area contributed by atoms with Gasteiger partial charge in [0.1, 0.15) is 0 Å². The second-order valence-corrected chi connectivity index (χ2v) is 3.85. The first-order valence-electron chi connectivity index (χ1n) is 5.63. The molecule has 0 amide bonds. The van der Waals surface area contributed by atoms with Crippen molar-refractivity contribution in [3.05, 3.63) is 12.8 Å². The molecule has 2 saturated carbocycles. The van der Waals surface area contributed by atoms with Crippen molar-refractivity contribution in [1.82, 2.24) is 0 Å². The summed E-state index contributed by atoms with van der Waals surface area (Å²) < 4.78 is 0. The summed E-state index contributed by atoms with van der Waals surface area (Å²) in [6.07, 6.45) is 19.0. The molecule has 0 nitrogen and oxygen atoms in total. The molecule has 0 radical (unpaired) electrons. The first-order chi connectivity index (χ1) is 6.00. The quantitative estimate of drug-likeness (QED) is 0.416. The molecule has 2 fully saturated rings. The summed E-state index contributed by atoms with van der Waals surface area (Å²) in [4.78, 5) is 0. The van der Waals surface area contributed by atoms with Gasteiger partial charge in [-0.25, -0.2) is 0 Å². The zero-order chi connectivity index (χ0) is 8.49. The topological polar surface area (TPSA) is 0 Å². The Bertz CT molecular complexity index is 48.1. The van der Waals surface area contributed by atoms with Gasteiger partial charge < -0.3 is 12.8 Å². The number of rotatable bonds is 0. The summed E-state index contributed by atoms with van der Waals surface area (Å²) in [5, 5.41) is 0. The standard InChI is InChI=1S/2C6H11.Ti/c2*1-2-4-6-5-3-1;/h2*1H,2-6H2;/q2*-1;+2. The Kier molecular flexibility index (Phi) is 11.4. The third kappa shape index (κ3) is 9.03. The Morgan fingerprint density at radius 2 is 0.769 bits per heavy atom. The van der Waals surface area contributed by atoms with E-state index in [0.29, 0.717) is 0 Å². The molecule has 0 bridgehead atoms. The smallest absolute Gasteiger partial charge is 0.328 e. The van der Waals surface area contributed by atoms with Gasteiger partial charge in [-0.2, -0.15) is 25.7 Å². The van der Waals surface area contributed by atoms with Gasteiger partial charge in [0, 0.05) is 0 Å². The Morgan fingerprint density at radius 3 is 0.846 bits per heavy atom. The third-order valence-electron chi connectivity index (χ3n) is 2.63. The van der Waals surface area contributed by atoms with Crippen LogP contribution in [0.1, 0.15) is 64.2 Å². The summed E-state index contributed by atoms with van der Waals surface area (Å²) in [5.74, 6) is 0. The van der Waals surface area contributed by atoms with Gasteiger partial charge >= 0.3 is 21.7 Å². The molecule has 0 aromatic carbocycles. The van der Waals surface area contributed by atoms with Gasteiger partial charge in [-0.1, -0.05) is 38.5 Å². The van der Waals surface area contributed by atoms with E-state index >= 15 is 0 Å². The Hall–Kier alpha value is 0.714. The summed E-state index contributed by atoms with van der Waals surface area (Å²) in [5.41, 5.74) is 0. The minimum absolute atomic E-state index is 0. The first kappa shape index (κ1) is 13.7. The second-order valence-electron chi connectivity index (χ2n) is 3.85. The van der Waals surface area contributed by atoms with Gasteiger partial charge in [-0.15, -0.1) is 0 Å². The van der Waals surface area contributed by atoms with Crippen LogP contribution in [0, 0.1) is 12.8 Å². The average molecular weight is 214 g/mol. The fraction of sp³-hybridized carbons (Fsp3) is 0.833. The van der Waals surface area contributed by atoms with Crippen molar-refractivity contribution >= 4 is 0 Å². The molecule has 0 N–H and O–H groups in total. The zero-order valence-corrected chi connectivity index (χ0v) is 10.3. The predicted octanol–water partition coefficient (Wildman–Crippen LogP) is 4.31. The van der Waals surface area contributed by atoms with Crippen molar-refractivity contribution in [2.75, 3.05) is 0 Å². The molecule has 13 heavy (non-hydrogen) atoms. The molecule has 2 aliphatic carbocycles. The van der Waals surface area contributed by atoms with Crippen molar-refractivity contribution in [3.8, 4) is 0 Å². The molecule has 2 aliphatic rings. The maximum absolute atomic E-state index is 2.39. The van der Waals surface area contributed by atoms with Gasteiger partial charge in [0.25, 0.3) is 0 Å². The van der Waals surface area contributed by atoms with Gasteiger partial charge in [0.05, 0.1) is 0 Å². The molecule has 1 heteroatoms. The van der Waals surface area contributed by atoms with Gasteiger partial charge in [-0.05, 0) is 0 Å². The van der Waals surface area contributed by atoms with E-state index in [4.69, 9.17) is 0 Å². The molecule has 0 unspecified atom stereocenters. The normalized spacial score (nSPS) is 22.2. The van der Waals surface area contributed by atoms with Crippen LogP contribution in [0.2, 0.25) is 0 Å². The number of hydrogen-bond donors (Lipinski definition) is 0. The van der Waals surface area contributed by atoms with Gasteiger partial charge in [-0.3, -0.25) is 0 Å². The molecular weight excluding hydrogens is 192 g/mol. The molecule has 0 saturated heterocycles. The van der Waals surface area contributed by atoms with Crippen molar-refractivity contribution in [1.29, 1.82) is 0 Å². The van der Waals surface area contributed by atoms with Crippen LogP contribution in [0.15, 0.2) is 0 Å². The molecular formula is C12H22Ti. The van der Waals surface area contributed by atoms with Crippen LogP contribution in [0.5, 0.6) is 0 Å². The minimum atomic E-state index is 0. The van der Waals surface area contributed by atoms with Gasteiger partial charge in [0.2, 0.25) is 0 Å². The summed E-state index contributed by atoms with van der Waals surface area (Å²) in [6.45, 7) is 0. The van der Waals surface area contributed by atoms with Crippen LogP contribution in [0.25, 0.3) is 0 Å². The Labute approximate surface area is 98.8 Å². The van der Waals surface area contributed by atoms with Crippen LogP contribution >= 0.6 is 0 Å². The van der Waals surface area contributed by atoms with E-state index in [2.05, 4.69) is 12.8 Å². The van der Waals surface area contributed by atoms with E-state index in [1.807, 2.05) is 0 Å². The van der Waals surface area contributed by atoms with Crippen molar-refractivity contribution in [3.63, 3.8) is 0 Å². The first-order valence-corrected chi connectivity index (χ1v) is 5.63. The Morgan fingerprint density at radius 1 is 0.462 bits per heavy atom. The van der Waals surface area contributed by atoms with E-state index in [1.54, 1.807) is 0 Å². The molecule has 0 spiro atoms. The van der Waals surface area contributed by atoms with Crippen LogP contribution in [-0.2, 0) is 21.7 Å². The maximum Gasteiger partial charge on any atom is 2.00 e. The van der Waals surface area contributed by atoms with E-state index < -0.39 is 0 Å². The summed E-state index contributed by atoms with van der Waals surface area (Å²) in [6, 6.07) is 0. The van der Waals surface area contributed by atoms with E-state index in [-0.39, 0.29) is 21.7 Å². The maximum atomic E-state index is 2.39. The average Bonchev–Trinajstić information content (AvgIpc) is 2.24.